The lowest BCUT2D eigenvalue weighted by Crippen LogP contribution is -2.35. The number of pyridine rings is 1. The second-order valence-electron chi connectivity index (χ2n) is 3.97. The Morgan fingerprint density at radius 1 is 1.44 bits per heavy atom. The van der Waals surface area contributed by atoms with Crippen LogP contribution in [0.3, 0.4) is 0 Å². The molecule has 1 unspecified atom stereocenters. The number of aromatic nitrogens is 1. The average molecular weight is 243 g/mol. The van der Waals surface area contributed by atoms with Gasteiger partial charge in [-0.15, -0.1) is 12.4 Å². The van der Waals surface area contributed by atoms with Gasteiger partial charge in [-0.1, -0.05) is 6.42 Å². The lowest BCUT2D eigenvalue weighted by molar-refractivity contribution is 0.267. The van der Waals surface area contributed by atoms with Crippen LogP contribution in [0.5, 0.6) is 5.75 Å². The van der Waals surface area contributed by atoms with Crippen molar-refractivity contribution in [3.8, 4) is 5.75 Å². The number of nitrogens with one attached hydrogen (secondary N) is 1. The van der Waals surface area contributed by atoms with Crippen molar-refractivity contribution in [2.24, 2.45) is 0 Å². The maximum Gasteiger partial charge on any atom is 0.137 e. The molecule has 1 atom stereocenters. The summed E-state index contributed by atoms with van der Waals surface area (Å²) >= 11 is 0. The molecule has 90 valence electrons. The predicted molar refractivity (Wildman–Crippen MR) is 67.2 cm³/mol. The van der Waals surface area contributed by atoms with Crippen LogP contribution < -0.4 is 10.1 Å². The maximum absolute atomic E-state index is 5.61. The standard InChI is InChI=1S/C12H18N2O.ClH/c1-2-8-14-11(4-1)6-9-15-12-5-3-7-13-10-12;/h3,5,7,10-11,14H,1-2,4,6,8-9H2;1H. The van der Waals surface area contributed by atoms with Gasteiger partial charge in [0.05, 0.1) is 12.8 Å². The van der Waals surface area contributed by atoms with Crippen LogP contribution in [-0.2, 0) is 0 Å². The third-order valence-corrected chi connectivity index (χ3v) is 2.78. The summed E-state index contributed by atoms with van der Waals surface area (Å²) in [6.07, 6.45) is 8.57. The van der Waals surface area contributed by atoms with E-state index >= 15 is 0 Å². The van der Waals surface area contributed by atoms with Crippen LogP contribution in [0.2, 0.25) is 0 Å². The minimum Gasteiger partial charge on any atom is -0.492 e. The molecule has 1 N–H and O–H groups in total. The molecule has 0 bridgehead atoms. The summed E-state index contributed by atoms with van der Waals surface area (Å²) in [7, 11) is 0. The number of halogens is 1. The molecule has 2 heterocycles. The summed E-state index contributed by atoms with van der Waals surface area (Å²) in [6.45, 7) is 1.95. The molecule has 4 heteroatoms. The van der Waals surface area contributed by atoms with E-state index in [4.69, 9.17) is 4.74 Å². The molecule has 0 radical (unpaired) electrons. The van der Waals surface area contributed by atoms with Gasteiger partial charge in [0.2, 0.25) is 0 Å². The van der Waals surface area contributed by atoms with Crippen molar-refractivity contribution in [2.75, 3.05) is 13.2 Å². The zero-order valence-electron chi connectivity index (χ0n) is 9.39. The summed E-state index contributed by atoms with van der Waals surface area (Å²) in [4.78, 5) is 4.01. The molecule has 1 aromatic heterocycles. The molecule has 1 aromatic rings. The van der Waals surface area contributed by atoms with Crippen molar-refractivity contribution in [3.05, 3.63) is 24.5 Å². The van der Waals surface area contributed by atoms with Crippen molar-refractivity contribution in [3.63, 3.8) is 0 Å². The van der Waals surface area contributed by atoms with Gasteiger partial charge in [-0.3, -0.25) is 4.98 Å². The van der Waals surface area contributed by atoms with Gasteiger partial charge in [-0.25, -0.2) is 0 Å². The smallest absolute Gasteiger partial charge is 0.137 e. The van der Waals surface area contributed by atoms with Gasteiger partial charge in [0, 0.05) is 12.2 Å². The van der Waals surface area contributed by atoms with Gasteiger partial charge in [-0.05, 0) is 37.9 Å². The second-order valence-corrected chi connectivity index (χ2v) is 3.97. The quantitative estimate of drug-likeness (QED) is 0.881. The molecule has 0 saturated carbocycles. The molecule has 0 spiro atoms. The Morgan fingerprint density at radius 3 is 3.06 bits per heavy atom. The van der Waals surface area contributed by atoms with E-state index in [1.807, 2.05) is 12.1 Å². The maximum atomic E-state index is 5.61. The van der Waals surface area contributed by atoms with Gasteiger partial charge >= 0.3 is 0 Å². The van der Waals surface area contributed by atoms with Gasteiger partial charge in [-0.2, -0.15) is 0 Å². The number of hydrogen-bond acceptors (Lipinski definition) is 3. The fourth-order valence-electron chi connectivity index (χ4n) is 1.92. The van der Waals surface area contributed by atoms with E-state index in [-0.39, 0.29) is 12.4 Å². The summed E-state index contributed by atoms with van der Waals surface area (Å²) in [5.74, 6) is 0.869. The highest BCUT2D eigenvalue weighted by Crippen LogP contribution is 2.11. The van der Waals surface area contributed by atoms with E-state index in [1.165, 1.54) is 19.3 Å². The molecule has 1 aliphatic rings. The van der Waals surface area contributed by atoms with Crippen molar-refractivity contribution < 1.29 is 4.74 Å². The molecule has 1 saturated heterocycles. The average Bonchev–Trinajstić information content (AvgIpc) is 2.32. The lowest BCUT2D eigenvalue weighted by atomic mass is 10.0. The number of piperidine rings is 1. The summed E-state index contributed by atoms with van der Waals surface area (Å²) in [5.41, 5.74) is 0. The Kier molecular flexibility index (Phi) is 6.19. The van der Waals surface area contributed by atoms with Gasteiger partial charge in [0.25, 0.3) is 0 Å². The highest BCUT2D eigenvalue weighted by atomic mass is 35.5. The number of ether oxygens (including phenoxy) is 1. The fraction of sp³-hybridized carbons (Fsp3) is 0.583. The molecule has 3 nitrogen and oxygen atoms in total. The van der Waals surface area contributed by atoms with E-state index in [2.05, 4.69) is 10.3 Å². The van der Waals surface area contributed by atoms with Crippen LogP contribution >= 0.6 is 12.4 Å². The Hall–Kier alpha value is -0.800. The number of hydrogen-bond donors (Lipinski definition) is 1. The van der Waals surface area contributed by atoms with Crippen LogP contribution in [0.4, 0.5) is 0 Å². The molecule has 0 amide bonds. The molecule has 2 rings (SSSR count). The minimum atomic E-state index is 0. The SMILES string of the molecule is Cl.c1cncc(OCCC2CCCCN2)c1. The molecule has 1 fully saturated rings. The number of rotatable bonds is 4. The first-order valence-corrected chi connectivity index (χ1v) is 5.71. The topological polar surface area (TPSA) is 34.1 Å². The monoisotopic (exact) mass is 242 g/mol. The van der Waals surface area contributed by atoms with E-state index < -0.39 is 0 Å². The first-order chi connectivity index (χ1) is 7.45. The predicted octanol–water partition coefficient (Wildman–Crippen LogP) is 2.41. The van der Waals surface area contributed by atoms with E-state index in [9.17, 15) is 0 Å². The Bertz CT molecular complexity index is 276. The lowest BCUT2D eigenvalue weighted by Gasteiger charge is -2.23. The van der Waals surface area contributed by atoms with Crippen LogP contribution in [-0.4, -0.2) is 24.2 Å². The highest BCUT2D eigenvalue weighted by Gasteiger charge is 2.11. The van der Waals surface area contributed by atoms with Crippen LogP contribution in [0.1, 0.15) is 25.7 Å². The minimum absolute atomic E-state index is 0. The fourth-order valence-corrected chi connectivity index (χ4v) is 1.92. The van der Waals surface area contributed by atoms with Crippen LogP contribution in [0, 0.1) is 0 Å². The van der Waals surface area contributed by atoms with Gasteiger partial charge in [0.15, 0.2) is 0 Å². The first-order valence-electron chi connectivity index (χ1n) is 5.71. The largest absolute Gasteiger partial charge is 0.492 e. The van der Waals surface area contributed by atoms with Gasteiger partial charge < -0.3 is 10.1 Å². The van der Waals surface area contributed by atoms with Gasteiger partial charge in [0.1, 0.15) is 5.75 Å². The third kappa shape index (κ3) is 4.37. The van der Waals surface area contributed by atoms with Crippen LogP contribution in [0.25, 0.3) is 0 Å². The zero-order chi connectivity index (χ0) is 10.3. The molecule has 0 aliphatic carbocycles. The summed E-state index contributed by atoms with van der Waals surface area (Å²) in [6, 6.07) is 4.49. The zero-order valence-corrected chi connectivity index (χ0v) is 10.2. The molecular weight excluding hydrogens is 224 g/mol. The normalized spacial score (nSPS) is 19.9. The molecule has 16 heavy (non-hydrogen) atoms. The molecule has 1 aliphatic heterocycles. The molecule has 0 aromatic carbocycles. The molecular formula is C12H19ClN2O. The van der Waals surface area contributed by atoms with Crippen molar-refractivity contribution in [2.45, 2.75) is 31.7 Å². The summed E-state index contributed by atoms with van der Waals surface area (Å²) < 4.78 is 5.61. The Morgan fingerprint density at radius 2 is 2.38 bits per heavy atom. The van der Waals surface area contributed by atoms with E-state index in [1.54, 1.807) is 12.4 Å². The third-order valence-electron chi connectivity index (χ3n) is 2.78. The Labute approximate surface area is 103 Å². The highest BCUT2D eigenvalue weighted by molar-refractivity contribution is 5.85. The van der Waals surface area contributed by atoms with E-state index in [0.29, 0.717) is 6.04 Å². The second kappa shape index (κ2) is 7.47. The van der Waals surface area contributed by atoms with Crippen LogP contribution in [0.15, 0.2) is 24.5 Å². The van der Waals surface area contributed by atoms with Crippen molar-refractivity contribution >= 4 is 12.4 Å². The first kappa shape index (κ1) is 13.3. The van der Waals surface area contributed by atoms with Crippen molar-refractivity contribution in [1.82, 2.24) is 10.3 Å². The van der Waals surface area contributed by atoms with Crippen molar-refractivity contribution in [1.29, 1.82) is 0 Å². The number of nitrogens with zero attached hydrogens (tertiary/aromatic N) is 1. The Balaban J connectivity index is 0.00000128. The summed E-state index contributed by atoms with van der Waals surface area (Å²) in [5, 5.41) is 3.51. The van der Waals surface area contributed by atoms with E-state index in [0.717, 1.165) is 25.3 Å².